The molecule has 1 aromatic rings. The van der Waals surface area contributed by atoms with Crippen molar-refractivity contribution in [2.75, 3.05) is 31.7 Å². The Labute approximate surface area is 114 Å². The van der Waals surface area contributed by atoms with E-state index in [-0.39, 0.29) is 5.97 Å². The topological polar surface area (TPSA) is 47.6 Å². The summed E-state index contributed by atoms with van der Waals surface area (Å²) in [4.78, 5) is 11.8. The molecule has 0 fully saturated rings. The largest absolute Gasteiger partial charge is 0.460 e. The Hall–Kier alpha value is -1.55. The molecule has 0 bridgehead atoms. The summed E-state index contributed by atoms with van der Waals surface area (Å²) in [5.74, 6) is -0.270. The summed E-state index contributed by atoms with van der Waals surface area (Å²) >= 11 is 0. The molecule has 19 heavy (non-hydrogen) atoms. The lowest BCUT2D eigenvalue weighted by Gasteiger charge is -2.07. The van der Waals surface area contributed by atoms with E-state index in [9.17, 15) is 4.79 Å². The number of ether oxygens (including phenoxy) is 2. The molecule has 0 aliphatic carbocycles. The van der Waals surface area contributed by atoms with Crippen molar-refractivity contribution in [3.8, 4) is 0 Å². The van der Waals surface area contributed by atoms with Gasteiger partial charge in [-0.05, 0) is 36.6 Å². The van der Waals surface area contributed by atoms with Crippen LogP contribution in [0.2, 0.25) is 0 Å². The molecule has 0 atom stereocenters. The van der Waals surface area contributed by atoms with Crippen LogP contribution in [0.5, 0.6) is 0 Å². The van der Waals surface area contributed by atoms with Crippen LogP contribution in [0.3, 0.4) is 0 Å². The molecule has 0 unspecified atom stereocenters. The summed E-state index contributed by atoms with van der Waals surface area (Å²) in [5, 5.41) is 3.27. The van der Waals surface area contributed by atoms with Gasteiger partial charge < -0.3 is 14.8 Å². The summed E-state index contributed by atoms with van der Waals surface area (Å²) < 4.78 is 10.5. The third-order valence-electron chi connectivity index (χ3n) is 3.15. The number of benzene rings is 1. The molecule has 1 N–H and O–H groups in total. The predicted molar refractivity (Wildman–Crippen MR) is 74.6 cm³/mol. The van der Waals surface area contributed by atoms with Crippen molar-refractivity contribution < 1.29 is 14.3 Å². The van der Waals surface area contributed by atoms with E-state index in [4.69, 9.17) is 9.47 Å². The van der Waals surface area contributed by atoms with Crippen LogP contribution >= 0.6 is 0 Å². The average Bonchev–Trinajstić information content (AvgIpc) is 2.89. The number of carbonyl (C=O) groups is 1. The maximum absolute atomic E-state index is 11.8. The quantitative estimate of drug-likeness (QED) is 0.607. The van der Waals surface area contributed by atoms with Crippen molar-refractivity contribution >= 4 is 11.7 Å². The van der Waals surface area contributed by atoms with Crippen molar-refractivity contribution in [2.24, 2.45) is 0 Å². The van der Waals surface area contributed by atoms with Gasteiger partial charge in [0, 0.05) is 18.8 Å². The van der Waals surface area contributed by atoms with E-state index < -0.39 is 0 Å². The van der Waals surface area contributed by atoms with Crippen LogP contribution in [0.15, 0.2) is 18.2 Å². The van der Waals surface area contributed by atoms with Gasteiger partial charge in [0.25, 0.3) is 0 Å². The molecule has 1 aromatic carbocycles. The Morgan fingerprint density at radius 2 is 2.21 bits per heavy atom. The average molecular weight is 263 g/mol. The number of nitrogens with one attached hydrogen (secondary N) is 1. The molecular formula is C15H21NO3. The fourth-order valence-corrected chi connectivity index (χ4v) is 2.06. The second-order valence-corrected chi connectivity index (χ2v) is 4.65. The molecule has 4 nitrogen and oxygen atoms in total. The maximum Gasteiger partial charge on any atom is 0.338 e. The summed E-state index contributed by atoms with van der Waals surface area (Å²) in [6, 6.07) is 5.66. The highest BCUT2D eigenvalue weighted by Crippen LogP contribution is 2.23. The van der Waals surface area contributed by atoms with Gasteiger partial charge in [-0.15, -0.1) is 0 Å². The summed E-state index contributed by atoms with van der Waals surface area (Å²) in [6.07, 6.45) is 3.13. The third kappa shape index (κ3) is 3.96. The molecule has 1 aliphatic rings. The van der Waals surface area contributed by atoms with Crippen LogP contribution < -0.4 is 5.32 Å². The normalized spacial score (nSPS) is 12.9. The maximum atomic E-state index is 11.8. The van der Waals surface area contributed by atoms with E-state index in [0.717, 1.165) is 38.1 Å². The van der Waals surface area contributed by atoms with Gasteiger partial charge in [0.05, 0.1) is 12.2 Å². The monoisotopic (exact) mass is 263 g/mol. The van der Waals surface area contributed by atoms with Crippen molar-refractivity contribution in [1.29, 1.82) is 0 Å². The summed E-state index contributed by atoms with van der Waals surface area (Å²) in [5.41, 5.74) is 2.93. The number of rotatable bonds is 7. The molecular weight excluding hydrogens is 242 g/mol. The lowest BCUT2D eigenvalue weighted by molar-refractivity contribution is 0.0314. The van der Waals surface area contributed by atoms with Crippen LogP contribution in [0, 0.1) is 0 Å². The lowest BCUT2D eigenvalue weighted by Crippen LogP contribution is -2.11. The number of carbonyl (C=O) groups excluding carboxylic acids is 1. The third-order valence-corrected chi connectivity index (χ3v) is 3.15. The minimum atomic E-state index is -0.270. The van der Waals surface area contributed by atoms with E-state index in [0.29, 0.717) is 18.8 Å². The number of fused-ring (bicyclic) bond motifs is 1. The van der Waals surface area contributed by atoms with Crippen LogP contribution in [-0.4, -0.2) is 32.3 Å². The number of hydrogen-bond acceptors (Lipinski definition) is 4. The Kier molecular flexibility index (Phi) is 5.21. The Morgan fingerprint density at radius 1 is 1.32 bits per heavy atom. The minimum absolute atomic E-state index is 0.270. The Morgan fingerprint density at radius 3 is 3.05 bits per heavy atom. The Balaban J connectivity index is 1.74. The molecule has 2 rings (SSSR count). The highest BCUT2D eigenvalue weighted by atomic mass is 16.6. The van der Waals surface area contributed by atoms with Gasteiger partial charge in [-0.2, -0.15) is 0 Å². The SMILES string of the molecule is CCCCOCCOC(=O)c1ccc2c(c1)CCN2. The van der Waals surface area contributed by atoms with Gasteiger partial charge >= 0.3 is 5.97 Å². The predicted octanol–water partition coefficient (Wildman–Crippen LogP) is 2.63. The van der Waals surface area contributed by atoms with E-state index in [1.807, 2.05) is 12.1 Å². The first-order valence-electron chi connectivity index (χ1n) is 6.93. The van der Waals surface area contributed by atoms with Crippen molar-refractivity contribution in [1.82, 2.24) is 0 Å². The molecule has 0 spiro atoms. The highest BCUT2D eigenvalue weighted by molar-refractivity contribution is 5.90. The van der Waals surface area contributed by atoms with Crippen LogP contribution in [0.4, 0.5) is 5.69 Å². The van der Waals surface area contributed by atoms with Crippen molar-refractivity contribution in [3.63, 3.8) is 0 Å². The minimum Gasteiger partial charge on any atom is -0.460 e. The highest BCUT2D eigenvalue weighted by Gasteiger charge is 2.14. The zero-order chi connectivity index (χ0) is 13.5. The smallest absolute Gasteiger partial charge is 0.338 e. The second kappa shape index (κ2) is 7.14. The molecule has 1 heterocycles. The Bertz CT molecular complexity index is 431. The van der Waals surface area contributed by atoms with Crippen LogP contribution in [0.25, 0.3) is 0 Å². The number of anilines is 1. The summed E-state index contributed by atoms with van der Waals surface area (Å²) in [6.45, 7) is 4.58. The van der Waals surface area contributed by atoms with Gasteiger partial charge in [-0.3, -0.25) is 0 Å². The van der Waals surface area contributed by atoms with Crippen LogP contribution in [0.1, 0.15) is 35.7 Å². The zero-order valence-electron chi connectivity index (χ0n) is 11.4. The lowest BCUT2D eigenvalue weighted by atomic mass is 10.1. The van der Waals surface area contributed by atoms with Crippen molar-refractivity contribution in [3.05, 3.63) is 29.3 Å². The fourth-order valence-electron chi connectivity index (χ4n) is 2.06. The van der Waals surface area contributed by atoms with Gasteiger partial charge in [0.2, 0.25) is 0 Å². The molecule has 104 valence electrons. The van der Waals surface area contributed by atoms with Crippen molar-refractivity contribution in [2.45, 2.75) is 26.2 Å². The molecule has 0 radical (unpaired) electrons. The molecule has 4 heteroatoms. The van der Waals surface area contributed by atoms with E-state index in [1.165, 1.54) is 5.56 Å². The van der Waals surface area contributed by atoms with Gasteiger partial charge in [0.1, 0.15) is 6.61 Å². The first-order chi connectivity index (χ1) is 9.31. The second-order valence-electron chi connectivity index (χ2n) is 4.65. The van der Waals surface area contributed by atoms with Gasteiger partial charge in [-0.25, -0.2) is 4.79 Å². The molecule has 0 amide bonds. The summed E-state index contributed by atoms with van der Waals surface area (Å²) in [7, 11) is 0. The van der Waals surface area contributed by atoms with Gasteiger partial charge in [-0.1, -0.05) is 13.3 Å². The van der Waals surface area contributed by atoms with E-state index in [2.05, 4.69) is 12.2 Å². The number of unbranched alkanes of at least 4 members (excludes halogenated alkanes) is 1. The first kappa shape index (κ1) is 13.9. The van der Waals surface area contributed by atoms with Crippen LogP contribution in [-0.2, 0) is 15.9 Å². The molecule has 1 aliphatic heterocycles. The fraction of sp³-hybridized carbons (Fsp3) is 0.533. The zero-order valence-corrected chi connectivity index (χ0v) is 11.4. The molecule has 0 saturated carbocycles. The number of hydrogen-bond donors (Lipinski definition) is 1. The standard InChI is InChI=1S/C15H21NO3/c1-2-3-8-18-9-10-19-15(17)13-4-5-14-12(11-13)6-7-16-14/h4-5,11,16H,2-3,6-10H2,1H3. The molecule has 0 aromatic heterocycles. The van der Waals surface area contributed by atoms with Gasteiger partial charge in [0.15, 0.2) is 0 Å². The van der Waals surface area contributed by atoms with E-state index in [1.54, 1.807) is 6.07 Å². The van der Waals surface area contributed by atoms with E-state index >= 15 is 0 Å². The molecule has 0 saturated heterocycles. The first-order valence-corrected chi connectivity index (χ1v) is 6.93. The number of esters is 1.